The van der Waals surface area contributed by atoms with E-state index in [1.165, 1.54) is 13.2 Å². The highest BCUT2D eigenvalue weighted by Crippen LogP contribution is 2.30. The third-order valence-electron chi connectivity index (χ3n) is 2.64. The summed E-state index contributed by atoms with van der Waals surface area (Å²) < 4.78 is 44.6. The number of nitrogens with zero attached hydrogens (tertiary/aromatic N) is 3. The van der Waals surface area contributed by atoms with Crippen molar-refractivity contribution in [3.05, 3.63) is 17.5 Å². The van der Waals surface area contributed by atoms with Gasteiger partial charge in [0.25, 0.3) is 0 Å². The quantitative estimate of drug-likeness (QED) is 0.421. The van der Waals surface area contributed by atoms with Gasteiger partial charge in [0.15, 0.2) is 11.7 Å². The maximum Gasteiger partial charge on any atom is 0.435 e. The molecule has 1 rings (SSSR count). The van der Waals surface area contributed by atoms with E-state index in [9.17, 15) is 13.2 Å². The summed E-state index contributed by atoms with van der Waals surface area (Å²) in [7, 11) is 4.56. The molecule has 10 heteroatoms. The maximum absolute atomic E-state index is 12.8. The fourth-order valence-electron chi connectivity index (χ4n) is 1.80. The van der Waals surface area contributed by atoms with Crippen LogP contribution in [-0.4, -0.2) is 42.5 Å². The van der Waals surface area contributed by atoms with Gasteiger partial charge in [-0.1, -0.05) is 0 Å². The fourth-order valence-corrected chi connectivity index (χ4v) is 1.80. The van der Waals surface area contributed by atoms with E-state index >= 15 is 0 Å². The van der Waals surface area contributed by atoms with Gasteiger partial charge in [-0.05, 0) is 6.92 Å². The molecule has 1 unspecified atom stereocenters. The number of aromatic nitrogens is 2. The Morgan fingerprint density at radius 1 is 1.50 bits per heavy atom. The Morgan fingerprint density at radius 3 is 2.64 bits per heavy atom. The van der Waals surface area contributed by atoms with Gasteiger partial charge in [-0.3, -0.25) is 9.67 Å². The van der Waals surface area contributed by atoms with Crippen LogP contribution in [0.2, 0.25) is 0 Å². The second-order valence-corrected chi connectivity index (χ2v) is 4.60. The zero-order valence-corrected chi connectivity index (χ0v) is 15.2. The van der Waals surface area contributed by atoms with Crippen molar-refractivity contribution >= 4 is 29.9 Å². The van der Waals surface area contributed by atoms with Gasteiger partial charge in [0, 0.05) is 45.6 Å². The number of rotatable bonds is 5. The lowest BCUT2D eigenvalue weighted by Gasteiger charge is -2.17. The molecule has 0 fully saturated rings. The number of alkyl halides is 3. The lowest BCUT2D eigenvalue weighted by atomic mass is 10.2. The lowest BCUT2D eigenvalue weighted by Crippen LogP contribution is -2.43. The van der Waals surface area contributed by atoms with Gasteiger partial charge >= 0.3 is 6.18 Å². The highest BCUT2D eigenvalue weighted by molar-refractivity contribution is 14.0. The Kier molecular flexibility index (Phi) is 8.74. The van der Waals surface area contributed by atoms with E-state index in [1.54, 1.807) is 14.2 Å². The number of guanidine groups is 1. The van der Waals surface area contributed by atoms with Crippen LogP contribution in [0.25, 0.3) is 0 Å². The molecule has 0 saturated carbocycles. The first-order valence-electron chi connectivity index (χ1n) is 6.33. The van der Waals surface area contributed by atoms with Gasteiger partial charge in [0.1, 0.15) is 0 Å². The standard InChI is InChI=1S/C12H20F3N5O.HI/c1-8(7-21-4)18-11(16-2)17-5-9-6-20(3)19-10(9)12(13,14)15;/h6,8H,5,7H2,1-4H3,(H2,16,17,18);1H. The summed E-state index contributed by atoms with van der Waals surface area (Å²) in [6.45, 7) is 2.31. The third kappa shape index (κ3) is 6.38. The second-order valence-electron chi connectivity index (χ2n) is 4.60. The molecule has 1 aromatic rings. The van der Waals surface area contributed by atoms with Crippen molar-refractivity contribution in [2.45, 2.75) is 25.7 Å². The van der Waals surface area contributed by atoms with E-state index in [0.29, 0.717) is 12.6 Å². The first kappa shape index (κ1) is 21.0. The van der Waals surface area contributed by atoms with Gasteiger partial charge in [-0.2, -0.15) is 18.3 Å². The molecule has 0 bridgehead atoms. The molecular weight excluding hydrogens is 414 g/mol. The number of aryl methyl sites for hydroxylation is 1. The maximum atomic E-state index is 12.8. The molecule has 0 aromatic carbocycles. The average molecular weight is 435 g/mol. The van der Waals surface area contributed by atoms with Gasteiger partial charge < -0.3 is 15.4 Å². The van der Waals surface area contributed by atoms with E-state index in [4.69, 9.17) is 4.74 Å². The van der Waals surface area contributed by atoms with Crippen LogP contribution < -0.4 is 10.6 Å². The Morgan fingerprint density at radius 2 is 2.14 bits per heavy atom. The summed E-state index contributed by atoms with van der Waals surface area (Å²) in [4.78, 5) is 3.95. The predicted molar refractivity (Wildman–Crippen MR) is 88.3 cm³/mol. The topological polar surface area (TPSA) is 63.5 Å². The number of aliphatic imine (C=N–C) groups is 1. The number of halogens is 4. The van der Waals surface area contributed by atoms with E-state index in [1.807, 2.05) is 6.92 Å². The molecule has 0 saturated heterocycles. The van der Waals surface area contributed by atoms with Crippen molar-refractivity contribution in [1.29, 1.82) is 0 Å². The summed E-state index contributed by atoms with van der Waals surface area (Å²) in [5.41, 5.74) is -0.828. The lowest BCUT2D eigenvalue weighted by molar-refractivity contribution is -0.142. The monoisotopic (exact) mass is 435 g/mol. The highest BCUT2D eigenvalue weighted by atomic mass is 127. The average Bonchev–Trinajstić information content (AvgIpc) is 2.76. The molecule has 0 aliphatic heterocycles. The fraction of sp³-hybridized carbons (Fsp3) is 0.667. The number of nitrogens with one attached hydrogen (secondary N) is 2. The predicted octanol–water partition coefficient (Wildman–Crippen LogP) is 1.76. The van der Waals surface area contributed by atoms with Gasteiger partial charge in [-0.15, -0.1) is 24.0 Å². The summed E-state index contributed by atoms with van der Waals surface area (Å²) in [6, 6.07) is -0.0165. The van der Waals surface area contributed by atoms with Crippen molar-refractivity contribution in [2.75, 3.05) is 20.8 Å². The molecule has 1 aromatic heterocycles. The van der Waals surface area contributed by atoms with E-state index in [-0.39, 0.29) is 42.1 Å². The zero-order valence-electron chi connectivity index (χ0n) is 12.9. The summed E-state index contributed by atoms with van der Waals surface area (Å²) in [5.74, 6) is 0.400. The summed E-state index contributed by atoms with van der Waals surface area (Å²) in [5, 5.41) is 9.29. The Balaban J connectivity index is 0.00000441. The molecule has 128 valence electrons. The van der Waals surface area contributed by atoms with Gasteiger partial charge in [0.2, 0.25) is 0 Å². The summed E-state index contributed by atoms with van der Waals surface area (Å²) in [6.07, 6.45) is -3.14. The van der Waals surface area contributed by atoms with Crippen LogP contribution >= 0.6 is 24.0 Å². The molecule has 0 aliphatic rings. The molecule has 1 atom stereocenters. The number of hydrogen-bond donors (Lipinski definition) is 2. The minimum atomic E-state index is -4.47. The summed E-state index contributed by atoms with van der Waals surface area (Å²) >= 11 is 0. The first-order valence-corrected chi connectivity index (χ1v) is 6.33. The first-order chi connectivity index (χ1) is 9.77. The third-order valence-corrected chi connectivity index (χ3v) is 2.64. The van der Waals surface area contributed by atoms with E-state index in [0.717, 1.165) is 4.68 Å². The van der Waals surface area contributed by atoms with Crippen molar-refractivity contribution < 1.29 is 17.9 Å². The minimum Gasteiger partial charge on any atom is -0.383 e. The Hall–Kier alpha value is -1.04. The van der Waals surface area contributed by atoms with Crippen LogP contribution in [0.3, 0.4) is 0 Å². The van der Waals surface area contributed by atoms with E-state index < -0.39 is 11.9 Å². The van der Waals surface area contributed by atoms with Crippen molar-refractivity contribution in [2.24, 2.45) is 12.0 Å². The zero-order chi connectivity index (χ0) is 16.0. The molecule has 0 amide bonds. The molecular formula is C12H21F3IN5O. The van der Waals surface area contributed by atoms with Gasteiger partial charge in [0.05, 0.1) is 6.61 Å². The molecule has 0 radical (unpaired) electrons. The molecule has 1 heterocycles. The Bertz CT molecular complexity index is 490. The van der Waals surface area contributed by atoms with Crippen LogP contribution in [0.5, 0.6) is 0 Å². The van der Waals surface area contributed by atoms with Gasteiger partial charge in [-0.25, -0.2) is 0 Å². The van der Waals surface area contributed by atoms with Crippen LogP contribution in [-0.2, 0) is 24.5 Å². The molecule has 6 nitrogen and oxygen atoms in total. The van der Waals surface area contributed by atoms with Crippen LogP contribution in [0.1, 0.15) is 18.2 Å². The minimum absolute atomic E-state index is 0. The Labute approximate surface area is 144 Å². The smallest absolute Gasteiger partial charge is 0.383 e. The molecule has 22 heavy (non-hydrogen) atoms. The van der Waals surface area contributed by atoms with Crippen molar-refractivity contribution in [3.63, 3.8) is 0 Å². The second kappa shape index (κ2) is 9.18. The largest absolute Gasteiger partial charge is 0.435 e. The van der Waals surface area contributed by atoms with E-state index in [2.05, 4.69) is 20.7 Å². The number of ether oxygens (including phenoxy) is 1. The van der Waals surface area contributed by atoms with Crippen LogP contribution in [0.15, 0.2) is 11.2 Å². The molecule has 0 aliphatic carbocycles. The van der Waals surface area contributed by atoms with Crippen molar-refractivity contribution in [3.8, 4) is 0 Å². The SMILES string of the molecule is CN=C(NCc1cn(C)nc1C(F)(F)F)NC(C)COC.I. The van der Waals surface area contributed by atoms with Crippen LogP contribution in [0, 0.1) is 0 Å². The van der Waals surface area contributed by atoms with Crippen molar-refractivity contribution in [1.82, 2.24) is 20.4 Å². The molecule has 0 spiro atoms. The van der Waals surface area contributed by atoms with Crippen LogP contribution in [0.4, 0.5) is 13.2 Å². The number of methoxy groups -OCH3 is 1. The normalized spacial score (nSPS) is 13.5. The molecule has 2 N–H and O–H groups in total. The highest BCUT2D eigenvalue weighted by Gasteiger charge is 2.36. The number of hydrogen-bond acceptors (Lipinski definition) is 3.